The molecule has 0 fully saturated rings. The smallest absolute Gasteiger partial charge is 0.111 e. The van der Waals surface area contributed by atoms with Crippen LogP contribution in [0, 0.1) is 5.92 Å². The van der Waals surface area contributed by atoms with Crippen molar-refractivity contribution in [3.8, 4) is 11.3 Å². The first-order valence-corrected chi connectivity index (χ1v) is 6.87. The summed E-state index contributed by atoms with van der Waals surface area (Å²) in [6.07, 6.45) is 1.85. The molecule has 1 atom stereocenters. The minimum Gasteiger partial charge on any atom is -0.342 e. The van der Waals surface area contributed by atoms with E-state index in [1.807, 2.05) is 17.6 Å². The summed E-state index contributed by atoms with van der Waals surface area (Å²) in [5.41, 5.74) is 7.86. The van der Waals surface area contributed by atoms with E-state index in [4.69, 9.17) is 17.3 Å². The predicted molar refractivity (Wildman–Crippen MR) is 73.5 cm³/mol. The van der Waals surface area contributed by atoms with Crippen LogP contribution in [0.15, 0.2) is 17.6 Å². The highest BCUT2D eigenvalue weighted by Crippen LogP contribution is 2.29. The Morgan fingerprint density at radius 1 is 1.53 bits per heavy atom. The third-order valence-electron chi connectivity index (χ3n) is 2.88. The molecule has 92 valence electrons. The van der Waals surface area contributed by atoms with Crippen molar-refractivity contribution in [2.45, 2.75) is 19.8 Å². The van der Waals surface area contributed by atoms with Crippen LogP contribution in [-0.4, -0.2) is 16.5 Å². The van der Waals surface area contributed by atoms with Gasteiger partial charge in [-0.1, -0.05) is 25.4 Å². The second-order valence-corrected chi connectivity index (χ2v) is 5.95. The Hall–Kier alpha value is -0.840. The van der Waals surface area contributed by atoms with Gasteiger partial charge < -0.3 is 10.7 Å². The van der Waals surface area contributed by atoms with Gasteiger partial charge in [-0.2, -0.15) is 0 Å². The van der Waals surface area contributed by atoms with Gasteiger partial charge in [-0.3, -0.25) is 0 Å². The lowest BCUT2D eigenvalue weighted by Crippen LogP contribution is -2.19. The first kappa shape index (κ1) is 12.6. The fourth-order valence-electron chi connectivity index (χ4n) is 1.82. The number of aromatic nitrogens is 2. The monoisotopic (exact) mass is 269 g/mol. The summed E-state index contributed by atoms with van der Waals surface area (Å²) in [6, 6.07) is 1.94. The predicted octanol–water partition coefficient (Wildman–Crippen LogP) is 3.49. The number of nitrogens with zero attached hydrogens (tertiary/aromatic N) is 1. The molecule has 17 heavy (non-hydrogen) atoms. The van der Waals surface area contributed by atoms with Crippen LogP contribution in [0.25, 0.3) is 11.3 Å². The zero-order chi connectivity index (χ0) is 12.4. The average Bonchev–Trinajstić information content (AvgIpc) is 2.87. The Bertz CT molecular complexity index is 489. The number of aromatic amines is 1. The van der Waals surface area contributed by atoms with E-state index in [9.17, 15) is 0 Å². The maximum atomic E-state index is 5.92. The van der Waals surface area contributed by atoms with Crippen molar-refractivity contribution >= 4 is 22.9 Å². The Morgan fingerprint density at radius 2 is 2.29 bits per heavy atom. The Labute approximate surface area is 110 Å². The molecule has 1 unspecified atom stereocenters. The zero-order valence-electron chi connectivity index (χ0n) is 9.90. The second kappa shape index (κ2) is 5.21. The van der Waals surface area contributed by atoms with E-state index in [1.165, 1.54) is 11.3 Å². The molecule has 0 bridgehead atoms. The molecule has 2 aromatic heterocycles. The summed E-state index contributed by atoms with van der Waals surface area (Å²) in [5, 5.41) is 2.02. The van der Waals surface area contributed by atoms with Gasteiger partial charge >= 0.3 is 0 Å². The number of hydrogen-bond donors (Lipinski definition) is 2. The minimum atomic E-state index is 0.276. The van der Waals surface area contributed by atoms with Crippen LogP contribution in [0.2, 0.25) is 4.34 Å². The van der Waals surface area contributed by atoms with Crippen molar-refractivity contribution in [2.24, 2.45) is 11.7 Å². The van der Waals surface area contributed by atoms with Gasteiger partial charge in [0.1, 0.15) is 5.82 Å². The Balaban J connectivity index is 2.26. The van der Waals surface area contributed by atoms with Gasteiger partial charge in [-0.05, 0) is 12.0 Å². The average molecular weight is 270 g/mol. The lowest BCUT2D eigenvalue weighted by molar-refractivity contribution is 0.487. The molecular formula is C12H16ClN3S. The summed E-state index contributed by atoms with van der Waals surface area (Å²) in [6.45, 7) is 4.91. The second-order valence-electron chi connectivity index (χ2n) is 4.41. The molecule has 0 saturated heterocycles. The van der Waals surface area contributed by atoms with Gasteiger partial charge in [-0.25, -0.2) is 4.98 Å². The summed E-state index contributed by atoms with van der Waals surface area (Å²) in [7, 11) is 0. The molecule has 0 aliphatic rings. The van der Waals surface area contributed by atoms with Crippen molar-refractivity contribution in [3.05, 3.63) is 27.8 Å². The van der Waals surface area contributed by atoms with Gasteiger partial charge in [0.25, 0.3) is 0 Å². The van der Waals surface area contributed by atoms with Crippen molar-refractivity contribution < 1.29 is 0 Å². The molecule has 0 aliphatic heterocycles. The van der Waals surface area contributed by atoms with Crippen LogP contribution in [0.1, 0.15) is 25.6 Å². The number of rotatable bonds is 4. The molecule has 0 aliphatic carbocycles. The SMILES string of the molecule is CC(C)C(CN)c1ncc(-c2csc(Cl)c2)[nH]1. The number of imidazole rings is 1. The highest BCUT2D eigenvalue weighted by molar-refractivity contribution is 7.14. The standard InChI is InChI=1S/C12H16ClN3S/c1-7(2)9(4-14)12-15-5-10(16-12)8-3-11(13)17-6-8/h3,5-7,9H,4,14H2,1-2H3,(H,15,16). The number of nitrogens with one attached hydrogen (secondary N) is 1. The van der Waals surface area contributed by atoms with E-state index >= 15 is 0 Å². The highest BCUT2D eigenvalue weighted by Gasteiger charge is 2.17. The van der Waals surface area contributed by atoms with E-state index in [0.717, 1.165) is 21.4 Å². The van der Waals surface area contributed by atoms with Crippen molar-refractivity contribution in [3.63, 3.8) is 0 Å². The van der Waals surface area contributed by atoms with E-state index in [0.29, 0.717) is 12.5 Å². The Morgan fingerprint density at radius 3 is 2.82 bits per heavy atom. The molecule has 0 aromatic carbocycles. The van der Waals surface area contributed by atoms with Crippen molar-refractivity contribution in [2.75, 3.05) is 6.54 Å². The summed E-state index contributed by atoms with van der Waals surface area (Å²) in [4.78, 5) is 7.75. The first-order chi connectivity index (χ1) is 8.11. The normalized spacial score (nSPS) is 13.2. The number of hydrogen-bond acceptors (Lipinski definition) is 3. The Kier molecular flexibility index (Phi) is 3.86. The molecule has 3 nitrogen and oxygen atoms in total. The quantitative estimate of drug-likeness (QED) is 0.893. The molecule has 0 amide bonds. The van der Waals surface area contributed by atoms with Crippen LogP contribution >= 0.6 is 22.9 Å². The van der Waals surface area contributed by atoms with Crippen LogP contribution < -0.4 is 5.73 Å². The number of thiophene rings is 1. The molecule has 2 aromatic rings. The fourth-order valence-corrected chi connectivity index (χ4v) is 2.70. The number of halogens is 1. The zero-order valence-corrected chi connectivity index (χ0v) is 11.5. The van der Waals surface area contributed by atoms with E-state index in [-0.39, 0.29) is 5.92 Å². The van der Waals surface area contributed by atoms with Crippen molar-refractivity contribution in [1.82, 2.24) is 9.97 Å². The van der Waals surface area contributed by atoms with Gasteiger partial charge in [0.15, 0.2) is 0 Å². The van der Waals surface area contributed by atoms with Gasteiger partial charge in [0.2, 0.25) is 0 Å². The molecule has 0 spiro atoms. The van der Waals surface area contributed by atoms with E-state index < -0.39 is 0 Å². The van der Waals surface area contributed by atoms with Crippen LogP contribution in [-0.2, 0) is 0 Å². The van der Waals surface area contributed by atoms with Crippen LogP contribution in [0.3, 0.4) is 0 Å². The van der Waals surface area contributed by atoms with Crippen molar-refractivity contribution in [1.29, 1.82) is 0 Å². The summed E-state index contributed by atoms with van der Waals surface area (Å²) < 4.78 is 0.787. The molecular weight excluding hydrogens is 254 g/mol. The molecule has 3 N–H and O–H groups in total. The number of nitrogens with two attached hydrogens (primary N) is 1. The summed E-state index contributed by atoms with van der Waals surface area (Å²) in [5.74, 6) is 1.71. The third kappa shape index (κ3) is 2.70. The number of H-pyrrole nitrogens is 1. The maximum absolute atomic E-state index is 5.92. The molecule has 0 radical (unpaired) electrons. The molecule has 2 rings (SSSR count). The van der Waals surface area contributed by atoms with Gasteiger partial charge in [0, 0.05) is 23.4 Å². The highest BCUT2D eigenvalue weighted by atomic mass is 35.5. The first-order valence-electron chi connectivity index (χ1n) is 5.61. The lowest BCUT2D eigenvalue weighted by Gasteiger charge is -2.15. The van der Waals surface area contributed by atoms with Crippen LogP contribution in [0.4, 0.5) is 0 Å². The summed E-state index contributed by atoms with van der Waals surface area (Å²) >= 11 is 7.44. The molecule has 5 heteroatoms. The maximum Gasteiger partial charge on any atom is 0.111 e. The molecule has 2 heterocycles. The third-order valence-corrected chi connectivity index (χ3v) is 3.98. The van der Waals surface area contributed by atoms with Gasteiger partial charge in [-0.15, -0.1) is 11.3 Å². The fraction of sp³-hybridized carbons (Fsp3) is 0.417. The van der Waals surface area contributed by atoms with Crippen LogP contribution in [0.5, 0.6) is 0 Å². The molecule has 0 saturated carbocycles. The van der Waals surface area contributed by atoms with E-state index in [2.05, 4.69) is 23.8 Å². The topological polar surface area (TPSA) is 54.7 Å². The largest absolute Gasteiger partial charge is 0.342 e. The minimum absolute atomic E-state index is 0.276. The van der Waals surface area contributed by atoms with E-state index in [1.54, 1.807) is 0 Å². The van der Waals surface area contributed by atoms with Gasteiger partial charge in [0.05, 0.1) is 16.2 Å². The lowest BCUT2D eigenvalue weighted by atomic mass is 9.95.